The van der Waals surface area contributed by atoms with E-state index < -0.39 is 0 Å². The third kappa shape index (κ3) is 2.50. The van der Waals surface area contributed by atoms with Crippen molar-refractivity contribution in [3.63, 3.8) is 0 Å². The van der Waals surface area contributed by atoms with E-state index in [9.17, 15) is 0 Å². The zero-order valence-electron chi connectivity index (χ0n) is 11.4. The Bertz CT molecular complexity index is 757. The number of nitrogens with zero attached hydrogens (tertiary/aromatic N) is 3. The lowest BCUT2D eigenvalue weighted by Gasteiger charge is -2.03. The van der Waals surface area contributed by atoms with E-state index >= 15 is 0 Å². The van der Waals surface area contributed by atoms with Gasteiger partial charge in [0.2, 0.25) is 0 Å². The third-order valence-electron chi connectivity index (χ3n) is 3.46. The van der Waals surface area contributed by atoms with E-state index in [0.29, 0.717) is 11.9 Å². The molecule has 0 unspecified atom stereocenters. The van der Waals surface area contributed by atoms with Crippen molar-refractivity contribution in [2.75, 3.05) is 5.43 Å². The summed E-state index contributed by atoms with van der Waals surface area (Å²) in [6, 6.07) is 13.9. The number of rotatable bonds is 4. The minimum absolute atomic E-state index is 0.408. The number of pyridine rings is 1. The number of hydrogen-bond acceptors (Lipinski definition) is 5. The molecule has 0 saturated heterocycles. The second-order valence-corrected chi connectivity index (χ2v) is 5.08. The number of hydrazone groups is 1. The summed E-state index contributed by atoms with van der Waals surface area (Å²) in [6.07, 6.45) is 4.10. The zero-order valence-corrected chi connectivity index (χ0v) is 11.4. The van der Waals surface area contributed by atoms with Crippen LogP contribution in [0.2, 0.25) is 0 Å². The Labute approximate surface area is 121 Å². The Morgan fingerprint density at radius 2 is 2.00 bits per heavy atom. The second-order valence-electron chi connectivity index (χ2n) is 5.08. The summed E-state index contributed by atoms with van der Waals surface area (Å²) in [5.74, 6) is 0.483. The molecule has 0 atom stereocenters. The van der Waals surface area contributed by atoms with E-state index in [-0.39, 0.29) is 0 Å². The molecule has 4 rings (SSSR count). The highest BCUT2D eigenvalue weighted by Gasteiger charge is 2.29. The number of oxazole rings is 1. The van der Waals surface area contributed by atoms with Crippen molar-refractivity contribution in [2.45, 2.75) is 12.8 Å². The van der Waals surface area contributed by atoms with Crippen LogP contribution in [0.4, 0.5) is 6.01 Å². The van der Waals surface area contributed by atoms with Crippen LogP contribution in [-0.4, -0.2) is 15.7 Å². The summed E-state index contributed by atoms with van der Waals surface area (Å²) >= 11 is 0. The van der Waals surface area contributed by atoms with Crippen molar-refractivity contribution in [2.24, 2.45) is 11.0 Å². The molecule has 1 aliphatic carbocycles. The largest absolute Gasteiger partial charge is 0.422 e. The van der Waals surface area contributed by atoms with Crippen molar-refractivity contribution in [1.82, 2.24) is 9.97 Å². The molecule has 104 valence electrons. The van der Waals surface area contributed by atoms with Gasteiger partial charge in [-0.25, -0.2) is 5.43 Å². The average molecular weight is 278 g/mol. The van der Waals surface area contributed by atoms with Gasteiger partial charge in [-0.2, -0.15) is 10.1 Å². The number of para-hydroxylation sites is 2. The number of benzene rings is 1. The molecule has 0 aliphatic heterocycles. The number of anilines is 1. The maximum atomic E-state index is 5.60. The van der Waals surface area contributed by atoms with Gasteiger partial charge in [0.25, 0.3) is 0 Å². The maximum Gasteiger partial charge on any atom is 0.316 e. The Morgan fingerprint density at radius 1 is 1.14 bits per heavy atom. The molecular weight excluding hydrogens is 264 g/mol. The van der Waals surface area contributed by atoms with E-state index in [1.165, 1.54) is 0 Å². The highest BCUT2D eigenvalue weighted by Crippen LogP contribution is 2.33. The lowest BCUT2D eigenvalue weighted by Crippen LogP contribution is -2.08. The highest BCUT2D eigenvalue weighted by molar-refractivity contribution is 6.02. The van der Waals surface area contributed by atoms with Crippen LogP contribution in [-0.2, 0) is 0 Å². The van der Waals surface area contributed by atoms with Crippen molar-refractivity contribution in [1.29, 1.82) is 0 Å². The molecule has 2 aromatic heterocycles. The lowest BCUT2D eigenvalue weighted by atomic mass is 10.1. The van der Waals surface area contributed by atoms with Gasteiger partial charge in [0.05, 0.1) is 11.4 Å². The minimum Gasteiger partial charge on any atom is -0.422 e. The summed E-state index contributed by atoms with van der Waals surface area (Å²) in [5.41, 5.74) is 6.37. The molecule has 21 heavy (non-hydrogen) atoms. The van der Waals surface area contributed by atoms with E-state index in [1.54, 1.807) is 6.20 Å². The fourth-order valence-electron chi connectivity index (χ4n) is 2.26. The van der Waals surface area contributed by atoms with Crippen molar-refractivity contribution in [3.05, 3.63) is 54.4 Å². The Balaban J connectivity index is 1.63. The fourth-order valence-corrected chi connectivity index (χ4v) is 2.26. The minimum atomic E-state index is 0.408. The third-order valence-corrected chi connectivity index (χ3v) is 3.46. The number of aromatic nitrogens is 2. The molecule has 0 bridgehead atoms. The predicted molar refractivity (Wildman–Crippen MR) is 81.1 cm³/mol. The van der Waals surface area contributed by atoms with Gasteiger partial charge >= 0.3 is 6.01 Å². The molecule has 1 saturated carbocycles. The molecular formula is C16H14N4O. The topological polar surface area (TPSA) is 63.3 Å². The SMILES string of the molecule is c1ccc(/C(=N/Nc2nc3ccccc3o2)C2CC2)nc1. The first-order valence-electron chi connectivity index (χ1n) is 7.01. The summed E-state index contributed by atoms with van der Waals surface area (Å²) in [4.78, 5) is 8.73. The monoisotopic (exact) mass is 278 g/mol. The van der Waals surface area contributed by atoms with E-state index in [4.69, 9.17) is 4.42 Å². The molecule has 1 fully saturated rings. The van der Waals surface area contributed by atoms with Crippen molar-refractivity contribution < 1.29 is 4.42 Å². The van der Waals surface area contributed by atoms with Crippen molar-refractivity contribution >= 4 is 22.8 Å². The Morgan fingerprint density at radius 3 is 2.76 bits per heavy atom. The first-order chi connectivity index (χ1) is 10.4. The molecule has 1 aromatic carbocycles. The smallest absolute Gasteiger partial charge is 0.316 e. The molecule has 5 heteroatoms. The van der Waals surface area contributed by atoms with E-state index in [1.807, 2.05) is 42.5 Å². The van der Waals surface area contributed by atoms with Crippen molar-refractivity contribution in [3.8, 4) is 0 Å². The Kier molecular flexibility index (Phi) is 2.88. The van der Waals surface area contributed by atoms with Crippen LogP contribution in [0.1, 0.15) is 18.5 Å². The van der Waals surface area contributed by atoms with Gasteiger partial charge in [0.1, 0.15) is 5.52 Å². The lowest BCUT2D eigenvalue weighted by molar-refractivity contribution is 0.617. The van der Waals surface area contributed by atoms with Gasteiger partial charge in [-0.15, -0.1) is 0 Å². The van der Waals surface area contributed by atoms with Gasteiger partial charge in [-0.1, -0.05) is 18.2 Å². The first kappa shape index (κ1) is 12.1. The van der Waals surface area contributed by atoms with Gasteiger partial charge in [-0.3, -0.25) is 4.98 Å². The molecule has 1 N–H and O–H groups in total. The summed E-state index contributed by atoms with van der Waals surface area (Å²) in [6.45, 7) is 0. The second kappa shape index (κ2) is 5.01. The van der Waals surface area contributed by atoms with Crippen LogP contribution in [0.3, 0.4) is 0 Å². The summed E-state index contributed by atoms with van der Waals surface area (Å²) in [7, 11) is 0. The molecule has 2 heterocycles. The molecule has 5 nitrogen and oxygen atoms in total. The molecule has 0 spiro atoms. The quantitative estimate of drug-likeness (QED) is 0.586. The maximum absolute atomic E-state index is 5.60. The van der Waals surface area contributed by atoms with E-state index in [2.05, 4.69) is 20.5 Å². The van der Waals surface area contributed by atoms with Gasteiger partial charge in [-0.05, 0) is 37.1 Å². The van der Waals surface area contributed by atoms with Crippen LogP contribution in [0.25, 0.3) is 11.1 Å². The molecule has 3 aromatic rings. The van der Waals surface area contributed by atoms with Gasteiger partial charge in [0, 0.05) is 12.1 Å². The first-order valence-corrected chi connectivity index (χ1v) is 7.01. The number of fused-ring (bicyclic) bond motifs is 1. The molecule has 0 amide bonds. The predicted octanol–water partition coefficient (Wildman–Crippen LogP) is 3.45. The standard InChI is InChI=1S/C16H14N4O/c1-2-7-14-12(5-1)18-16(21-14)20-19-15(11-8-9-11)13-6-3-4-10-17-13/h1-7,10-11H,8-9H2,(H,18,20)/b19-15+. The molecule has 1 aliphatic rings. The number of hydrogen-bond donors (Lipinski definition) is 1. The number of nitrogens with one attached hydrogen (secondary N) is 1. The van der Waals surface area contributed by atoms with E-state index in [0.717, 1.165) is 35.3 Å². The summed E-state index contributed by atoms with van der Waals surface area (Å²) < 4.78 is 5.60. The molecule has 0 radical (unpaired) electrons. The zero-order chi connectivity index (χ0) is 14.1. The van der Waals surface area contributed by atoms with Crippen LogP contribution in [0, 0.1) is 5.92 Å². The average Bonchev–Trinajstić information content (AvgIpc) is 3.27. The fraction of sp³-hybridized carbons (Fsp3) is 0.188. The van der Waals surface area contributed by atoms with Gasteiger partial charge in [0.15, 0.2) is 5.58 Å². The van der Waals surface area contributed by atoms with Crippen LogP contribution < -0.4 is 5.43 Å². The van der Waals surface area contributed by atoms with Gasteiger partial charge < -0.3 is 4.42 Å². The Hall–Kier alpha value is -2.69. The van der Waals surface area contributed by atoms with Crippen LogP contribution in [0.5, 0.6) is 0 Å². The summed E-state index contributed by atoms with van der Waals surface area (Å²) in [5, 5.41) is 4.47. The highest BCUT2D eigenvalue weighted by atomic mass is 16.4. The van der Waals surface area contributed by atoms with Crippen LogP contribution in [0.15, 0.2) is 58.2 Å². The van der Waals surface area contributed by atoms with Crippen LogP contribution >= 0.6 is 0 Å². The normalized spacial score (nSPS) is 15.3.